The van der Waals surface area contributed by atoms with Crippen molar-refractivity contribution in [3.8, 4) is 0 Å². The van der Waals surface area contributed by atoms with E-state index in [-0.39, 0.29) is 5.69 Å². The van der Waals surface area contributed by atoms with Crippen LogP contribution in [0.1, 0.15) is 0 Å². The van der Waals surface area contributed by atoms with Crippen LogP contribution >= 0.6 is 11.6 Å². The molecule has 0 aliphatic rings. The summed E-state index contributed by atoms with van der Waals surface area (Å²) in [6, 6.07) is 4.36. The van der Waals surface area contributed by atoms with E-state index in [1.807, 2.05) is 0 Å². The van der Waals surface area contributed by atoms with Gasteiger partial charge in [0.1, 0.15) is 5.69 Å². The molecule has 0 amide bonds. The molecule has 0 bridgehead atoms. The number of rotatable bonds is 5. The van der Waals surface area contributed by atoms with Gasteiger partial charge in [0.15, 0.2) is 0 Å². The van der Waals surface area contributed by atoms with Crippen molar-refractivity contribution in [2.45, 2.75) is 0 Å². The standard InChI is InChI=1S/C10H14ClN3O3S/c1-12-18(2,17)6-5-13-9-4-3-8(11)7-10(9)14(15)16/h3-4,7,13H,5-6H2,1-2H3. The molecule has 18 heavy (non-hydrogen) atoms. The van der Waals surface area contributed by atoms with E-state index in [0.29, 0.717) is 23.0 Å². The molecule has 0 spiro atoms. The Balaban J connectivity index is 2.80. The highest BCUT2D eigenvalue weighted by molar-refractivity contribution is 7.92. The highest BCUT2D eigenvalue weighted by Crippen LogP contribution is 2.27. The van der Waals surface area contributed by atoms with Gasteiger partial charge in [0.25, 0.3) is 5.69 Å². The van der Waals surface area contributed by atoms with E-state index >= 15 is 0 Å². The number of nitrogens with one attached hydrogen (secondary N) is 1. The van der Waals surface area contributed by atoms with Crippen molar-refractivity contribution < 1.29 is 9.13 Å². The zero-order chi connectivity index (χ0) is 13.8. The number of nitro groups is 1. The summed E-state index contributed by atoms with van der Waals surface area (Å²) in [6.07, 6.45) is 1.55. The molecule has 0 radical (unpaired) electrons. The number of halogens is 1. The Morgan fingerprint density at radius 2 is 2.22 bits per heavy atom. The fraction of sp³-hybridized carbons (Fsp3) is 0.400. The Bertz CT molecular complexity index is 567. The number of benzene rings is 1. The number of anilines is 1. The second-order valence-electron chi connectivity index (χ2n) is 3.69. The molecule has 1 atom stereocenters. The first-order valence-corrected chi connectivity index (χ1v) is 7.58. The van der Waals surface area contributed by atoms with Gasteiger partial charge in [0.2, 0.25) is 0 Å². The first kappa shape index (κ1) is 14.7. The molecule has 1 rings (SSSR count). The lowest BCUT2D eigenvalue weighted by Gasteiger charge is -2.08. The highest BCUT2D eigenvalue weighted by Gasteiger charge is 2.14. The van der Waals surface area contributed by atoms with Crippen molar-refractivity contribution in [1.82, 2.24) is 0 Å². The van der Waals surface area contributed by atoms with Crippen LogP contribution in [0.5, 0.6) is 0 Å². The smallest absolute Gasteiger partial charge is 0.293 e. The summed E-state index contributed by atoms with van der Waals surface area (Å²) in [4.78, 5) is 10.3. The molecule has 100 valence electrons. The summed E-state index contributed by atoms with van der Waals surface area (Å²) in [5.74, 6) is 0.323. The average Bonchev–Trinajstić information content (AvgIpc) is 2.30. The molecule has 1 N–H and O–H groups in total. The van der Waals surface area contributed by atoms with E-state index in [1.54, 1.807) is 12.3 Å². The quantitative estimate of drug-likeness (QED) is 0.667. The zero-order valence-corrected chi connectivity index (χ0v) is 11.6. The molecule has 0 saturated carbocycles. The first-order chi connectivity index (χ1) is 8.35. The lowest BCUT2D eigenvalue weighted by Crippen LogP contribution is -2.14. The van der Waals surface area contributed by atoms with Crippen LogP contribution in [-0.2, 0) is 9.73 Å². The summed E-state index contributed by atoms with van der Waals surface area (Å²) in [7, 11) is -0.721. The molecular weight excluding hydrogens is 278 g/mol. The van der Waals surface area contributed by atoms with Crippen molar-refractivity contribution in [1.29, 1.82) is 0 Å². The maximum atomic E-state index is 11.7. The Hall–Kier alpha value is -1.34. The maximum Gasteiger partial charge on any atom is 0.293 e. The predicted molar refractivity (Wildman–Crippen MR) is 73.9 cm³/mol. The van der Waals surface area contributed by atoms with Crippen LogP contribution in [0.4, 0.5) is 11.4 Å². The van der Waals surface area contributed by atoms with Crippen molar-refractivity contribution in [2.24, 2.45) is 4.36 Å². The van der Waals surface area contributed by atoms with Gasteiger partial charge in [-0.15, -0.1) is 0 Å². The molecule has 0 aliphatic carbocycles. The molecule has 0 saturated heterocycles. The Morgan fingerprint density at radius 1 is 1.56 bits per heavy atom. The number of hydrogen-bond donors (Lipinski definition) is 1. The van der Waals surface area contributed by atoms with Crippen molar-refractivity contribution in [2.75, 3.05) is 30.9 Å². The minimum absolute atomic E-state index is 0.0986. The van der Waals surface area contributed by atoms with Crippen LogP contribution in [0.2, 0.25) is 5.02 Å². The lowest BCUT2D eigenvalue weighted by atomic mass is 10.2. The SMILES string of the molecule is CN=S(C)(=O)CCNc1ccc(Cl)cc1[N+](=O)[O-]. The van der Waals surface area contributed by atoms with Gasteiger partial charge in [0, 0.05) is 46.4 Å². The monoisotopic (exact) mass is 291 g/mol. The van der Waals surface area contributed by atoms with Crippen LogP contribution in [0.3, 0.4) is 0 Å². The second-order valence-corrected chi connectivity index (χ2v) is 6.82. The topological polar surface area (TPSA) is 84.6 Å². The molecule has 1 unspecified atom stereocenters. The van der Waals surface area contributed by atoms with Gasteiger partial charge in [-0.25, -0.2) is 8.57 Å². The molecule has 0 heterocycles. The summed E-state index contributed by atoms with van der Waals surface area (Å²) in [5, 5.41) is 14.0. The fourth-order valence-electron chi connectivity index (χ4n) is 1.27. The van der Waals surface area contributed by atoms with Crippen molar-refractivity contribution in [3.63, 3.8) is 0 Å². The van der Waals surface area contributed by atoms with Crippen LogP contribution < -0.4 is 5.32 Å². The van der Waals surface area contributed by atoms with E-state index in [1.165, 1.54) is 19.2 Å². The molecular formula is C10H14ClN3O3S. The summed E-state index contributed by atoms with van der Waals surface area (Å²) < 4.78 is 15.4. The predicted octanol–water partition coefficient (Wildman–Crippen LogP) is 2.39. The van der Waals surface area contributed by atoms with Gasteiger partial charge in [-0.3, -0.25) is 10.1 Å². The van der Waals surface area contributed by atoms with E-state index in [4.69, 9.17) is 11.6 Å². The number of nitro benzene ring substituents is 1. The van der Waals surface area contributed by atoms with E-state index in [2.05, 4.69) is 9.68 Å². The van der Waals surface area contributed by atoms with Crippen LogP contribution in [0, 0.1) is 10.1 Å². The molecule has 6 nitrogen and oxygen atoms in total. The lowest BCUT2D eigenvalue weighted by molar-refractivity contribution is -0.383. The molecule has 1 aromatic rings. The van der Waals surface area contributed by atoms with Crippen LogP contribution in [-0.4, -0.2) is 34.7 Å². The average molecular weight is 292 g/mol. The summed E-state index contributed by atoms with van der Waals surface area (Å²) >= 11 is 5.70. The van der Waals surface area contributed by atoms with Gasteiger partial charge in [-0.1, -0.05) is 11.6 Å². The molecule has 0 aliphatic heterocycles. The molecule has 8 heteroatoms. The summed E-state index contributed by atoms with van der Waals surface area (Å²) in [6.45, 7) is 0.342. The minimum Gasteiger partial charge on any atom is -0.379 e. The van der Waals surface area contributed by atoms with Gasteiger partial charge in [-0.2, -0.15) is 0 Å². The number of nitrogens with zero attached hydrogens (tertiary/aromatic N) is 2. The Labute approximate surface area is 111 Å². The minimum atomic E-state index is -2.21. The largest absolute Gasteiger partial charge is 0.379 e. The molecule has 0 fully saturated rings. The van der Waals surface area contributed by atoms with Gasteiger partial charge < -0.3 is 5.32 Å². The van der Waals surface area contributed by atoms with Gasteiger partial charge >= 0.3 is 0 Å². The third kappa shape index (κ3) is 4.15. The third-order valence-corrected chi connectivity index (χ3v) is 4.31. The van der Waals surface area contributed by atoms with Crippen molar-refractivity contribution in [3.05, 3.63) is 33.3 Å². The Morgan fingerprint density at radius 3 is 2.78 bits per heavy atom. The fourth-order valence-corrected chi connectivity index (χ4v) is 2.10. The van der Waals surface area contributed by atoms with E-state index in [0.717, 1.165) is 0 Å². The molecule has 0 aromatic heterocycles. The van der Waals surface area contributed by atoms with Crippen LogP contribution in [0.25, 0.3) is 0 Å². The maximum absolute atomic E-state index is 11.7. The summed E-state index contributed by atoms with van der Waals surface area (Å²) in [5.41, 5.74) is 0.259. The normalized spacial score (nSPS) is 13.7. The zero-order valence-electron chi connectivity index (χ0n) is 10.1. The van der Waals surface area contributed by atoms with Gasteiger partial charge in [-0.05, 0) is 12.1 Å². The third-order valence-electron chi connectivity index (χ3n) is 2.34. The van der Waals surface area contributed by atoms with Gasteiger partial charge in [0.05, 0.1) is 4.92 Å². The molecule has 1 aromatic carbocycles. The van der Waals surface area contributed by atoms with E-state index < -0.39 is 14.7 Å². The second kappa shape index (κ2) is 6.01. The highest BCUT2D eigenvalue weighted by atomic mass is 35.5. The Kier molecular flexibility index (Phi) is 4.92. The van der Waals surface area contributed by atoms with Crippen molar-refractivity contribution >= 4 is 32.7 Å². The number of hydrogen-bond acceptors (Lipinski definition) is 5. The first-order valence-electron chi connectivity index (χ1n) is 5.11. The van der Waals surface area contributed by atoms with Crippen LogP contribution in [0.15, 0.2) is 22.6 Å². The van der Waals surface area contributed by atoms with E-state index in [9.17, 15) is 14.3 Å².